The van der Waals surface area contributed by atoms with Gasteiger partial charge in [-0.15, -0.1) is 0 Å². The van der Waals surface area contributed by atoms with Crippen molar-refractivity contribution in [3.05, 3.63) is 0 Å². The van der Waals surface area contributed by atoms with Crippen LogP contribution in [0.4, 0.5) is 0 Å². The molecule has 74 valence electrons. The van der Waals surface area contributed by atoms with Crippen LogP contribution in [0.15, 0.2) is 0 Å². The van der Waals surface area contributed by atoms with Crippen LogP contribution < -0.4 is 0 Å². The second-order valence-electron chi connectivity index (χ2n) is 3.64. The van der Waals surface area contributed by atoms with Crippen molar-refractivity contribution in [1.29, 1.82) is 0 Å². The molecule has 0 spiro atoms. The van der Waals surface area contributed by atoms with E-state index in [2.05, 4.69) is 13.8 Å². The third-order valence-electron chi connectivity index (χ3n) is 1.83. The van der Waals surface area contributed by atoms with Crippen LogP contribution in [0.25, 0.3) is 0 Å². The van der Waals surface area contributed by atoms with Crippen LogP contribution in [0.3, 0.4) is 0 Å². The third kappa shape index (κ3) is 8.02. The summed E-state index contributed by atoms with van der Waals surface area (Å²) in [5.41, 5.74) is 0. The van der Waals surface area contributed by atoms with Gasteiger partial charge in [0.05, 0.1) is 12.7 Å². The number of rotatable bonds is 7. The minimum atomic E-state index is -0.260. The largest absolute Gasteiger partial charge is 0.391 e. The molecular formula is C10H22O2. The van der Waals surface area contributed by atoms with Crippen LogP contribution in [-0.4, -0.2) is 24.4 Å². The molecule has 0 aliphatic heterocycles. The zero-order chi connectivity index (χ0) is 9.40. The number of aliphatic hydroxyl groups excluding tert-OH is 1. The minimum Gasteiger partial charge on any atom is -0.391 e. The van der Waals surface area contributed by atoms with E-state index >= 15 is 0 Å². The molecule has 0 radical (unpaired) electrons. The Labute approximate surface area is 75.9 Å². The highest BCUT2D eigenvalue weighted by atomic mass is 16.5. The molecule has 1 unspecified atom stereocenters. The van der Waals surface area contributed by atoms with Gasteiger partial charge in [0.15, 0.2) is 0 Å². The summed E-state index contributed by atoms with van der Waals surface area (Å²) in [6.45, 7) is 7.54. The van der Waals surface area contributed by atoms with E-state index in [1.54, 1.807) is 0 Å². The Morgan fingerprint density at radius 3 is 2.42 bits per heavy atom. The summed E-state index contributed by atoms with van der Waals surface area (Å²) >= 11 is 0. The molecule has 0 aliphatic carbocycles. The molecule has 0 saturated carbocycles. The molecule has 0 aromatic heterocycles. The molecule has 0 aromatic carbocycles. The van der Waals surface area contributed by atoms with Crippen molar-refractivity contribution in [1.82, 2.24) is 0 Å². The zero-order valence-electron chi connectivity index (χ0n) is 8.55. The van der Waals surface area contributed by atoms with Gasteiger partial charge in [0, 0.05) is 6.61 Å². The summed E-state index contributed by atoms with van der Waals surface area (Å²) in [5, 5.41) is 9.37. The summed E-state index contributed by atoms with van der Waals surface area (Å²) in [4.78, 5) is 0. The lowest BCUT2D eigenvalue weighted by atomic mass is 10.0. The fourth-order valence-corrected chi connectivity index (χ4v) is 1.10. The highest BCUT2D eigenvalue weighted by Gasteiger charge is 2.03. The van der Waals surface area contributed by atoms with Gasteiger partial charge in [-0.25, -0.2) is 0 Å². The summed E-state index contributed by atoms with van der Waals surface area (Å²) in [7, 11) is 0. The standard InChI is InChI=1S/C10H22O2/c1-4-12-8-10(11)7-5-6-9(2)3/h9-11H,4-8H2,1-3H3. The predicted octanol–water partition coefficient (Wildman–Crippen LogP) is 2.21. The quantitative estimate of drug-likeness (QED) is 0.641. The van der Waals surface area contributed by atoms with Gasteiger partial charge in [-0.3, -0.25) is 0 Å². The molecule has 2 nitrogen and oxygen atoms in total. The summed E-state index contributed by atoms with van der Waals surface area (Å²) in [6, 6.07) is 0. The maximum atomic E-state index is 9.37. The van der Waals surface area contributed by atoms with Gasteiger partial charge in [0.25, 0.3) is 0 Å². The highest BCUT2D eigenvalue weighted by Crippen LogP contribution is 2.08. The maximum absolute atomic E-state index is 9.37. The van der Waals surface area contributed by atoms with Gasteiger partial charge >= 0.3 is 0 Å². The lowest BCUT2D eigenvalue weighted by Crippen LogP contribution is -2.15. The molecule has 1 atom stereocenters. The molecule has 2 heteroatoms. The number of aliphatic hydroxyl groups is 1. The topological polar surface area (TPSA) is 29.5 Å². The van der Waals surface area contributed by atoms with Crippen LogP contribution >= 0.6 is 0 Å². The maximum Gasteiger partial charge on any atom is 0.0773 e. The second kappa shape index (κ2) is 7.56. The molecule has 1 N–H and O–H groups in total. The van der Waals surface area contributed by atoms with Crippen LogP contribution in [-0.2, 0) is 4.74 Å². The van der Waals surface area contributed by atoms with Crippen molar-refractivity contribution in [3.63, 3.8) is 0 Å². The Kier molecular flexibility index (Phi) is 7.51. The molecule has 0 heterocycles. The first-order valence-electron chi connectivity index (χ1n) is 4.92. The molecule has 0 rings (SSSR count). The third-order valence-corrected chi connectivity index (χ3v) is 1.83. The van der Waals surface area contributed by atoms with Crippen molar-refractivity contribution in [2.75, 3.05) is 13.2 Å². The van der Waals surface area contributed by atoms with Crippen molar-refractivity contribution >= 4 is 0 Å². The zero-order valence-corrected chi connectivity index (χ0v) is 8.55. The molecule has 0 fully saturated rings. The summed E-state index contributed by atoms with van der Waals surface area (Å²) in [5.74, 6) is 0.740. The Bertz CT molecular complexity index is 91.8. The van der Waals surface area contributed by atoms with Crippen molar-refractivity contribution in [2.24, 2.45) is 5.92 Å². The normalized spacial score (nSPS) is 13.8. The Hall–Kier alpha value is -0.0800. The first-order chi connectivity index (χ1) is 5.66. The molecular weight excluding hydrogens is 152 g/mol. The van der Waals surface area contributed by atoms with Gasteiger partial charge in [0.2, 0.25) is 0 Å². The molecule has 0 aromatic rings. The Morgan fingerprint density at radius 1 is 1.25 bits per heavy atom. The van der Waals surface area contributed by atoms with E-state index < -0.39 is 0 Å². The smallest absolute Gasteiger partial charge is 0.0773 e. The number of hydrogen-bond donors (Lipinski definition) is 1. The van der Waals surface area contributed by atoms with Crippen molar-refractivity contribution < 1.29 is 9.84 Å². The van der Waals surface area contributed by atoms with E-state index in [0.29, 0.717) is 13.2 Å². The van der Waals surface area contributed by atoms with E-state index in [1.807, 2.05) is 6.92 Å². The van der Waals surface area contributed by atoms with Gasteiger partial charge in [-0.1, -0.05) is 26.7 Å². The van der Waals surface area contributed by atoms with E-state index in [1.165, 1.54) is 6.42 Å². The Morgan fingerprint density at radius 2 is 1.92 bits per heavy atom. The van der Waals surface area contributed by atoms with Gasteiger partial charge in [0.1, 0.15) is 0 Å². The van der Waals surface area contributed by atoms with E-state index in [4.69, 9.17) is 4.74 Å². The first kappa shape index (κ1) is 11.9. The summed E-state index contributed by atoms with van der Waals surface area (Å²) < 4.78 is 5.10. The average molecular weight is 174 g/mol. The van der Waals surface area contributed by atoms with Crippen LogP contribution in [0.1, 0.15) is 40.0 Å². The van der Waals surface area contributed by atoms with Crippen molar-refractivity contribution in [2.45, 2.75) is 46.1 Å². The van der Waals surface area contributed by atoms with Crippen LogP contribution in [0.5, 0.6) is 0 Å². The predicted molar refractivity (Wildman–Crippen MR) is 51.2 cm³/mol. The molecule has 0 saturated heterocycles. The Balaban J connectivity index is 3.13. The lowest BCUT2D eigenvalue weighted by Gasteiger charge is -2.10. The van der Waals surface area contributed by atoms with E-state index in [9.17, 15) is 5.11 Å². The van der Waals surface area contributed by atoms with Crippen molar-refractivity contribution in [3.8, 4) is 0 Å². The first-order valence-corrected chi connectivity index (χ1v) is 4.92. The monoisotopic (exact) mass is 174 g/mol. The summed E-state index contributed by atoms with van der Waals surface area (Å²) in [6.07, 6.45) is 2.91. The van der Waals surface area contributed by atoms with Crippen LogP contribution in [0, 0.1) is 5.92 Å². The SMILES string of the molecule is CCOCC(O)CCCC(C)C. The highest BCUT2D eigenvalue weighted by molar-refractivity contribution is 4.55. The lowest BCUT2D eigenvalue weighted by molar-refractivity contribution is 0.0365. The van der Waals surface area contributed by atoms with Gasteiger partial charge < -0.3 is 9.84 Å². The second-order valence-corrected chi connectivity index (χ2v) is 3.64. The number of ether oxygens (including phenoxy) is 1. The molecule has 12 heavy (non-hydrogen) atoms. The fourth-order valence-electron chi connectivity index (χ4n) is 1.10. The number of hydrogen-bond acceptors (Lipinski definition) is 2. The van der Waals surface area contributed by atoms with E-state index in [0.717, 1.165) is 18.8 Å². The van der Waals surface area contributed by atoms with Gasteiger partial charge in [-0.2, -0.15) is 0 Å². The van der Waals surface area contributed by atoms with E-state index in [-0.39, 0.29) is 6.10 Å². The molecule has 0 amide bonds. The fraction of sp³-hybridized carbons (Fsp3) is 1.00. The minimum absolute atomic E-state index is 0.260. The molecule has 0 bridgehead atoms. The van der Waals surface area contributed by atoms with Gasteiger partial charge in [-0.05, 0) is 19.3 Å². The van der Waals surface area contributed by atoms with Crippen LogP contribution in [0.2, 0.25) is 0 Å². The average Bonchev–Trinajstić information content (AvgIpc) is 2.00. The molecule has 0 aliphatic rings.